The van der Waals surface area contributed by atoms with Crippen LogP contribution in [0.4, 0.5) is 14.5 Å². The molecular formula is C14H15F2NO. The first-order valence-corrected chi connectivity index (χ1v) is 6.34. The Morgan fingerprint density at radius 3 is 2.78 bits per heavy atom. The molecule has 0 bridgehead atoms. The second-order valence-electron chi connectivity index (χ2n) is 5.15. The number of anilines is 1. The molecule has 1 aliphatic carbocycles. The number of benzene rings is 1. The maximum absolute atomic E-state index is 13.2. The number of hydrogen-bond donors (Lipinski definition) is 0. The second-order valence-corrected chi connectivity index (χ2v) is 5.15. The fourth-order valence-corrected chi connectivity index (χ4v) is 2.77. The SMILES string of the molecule is O=C1CCCc2ccc(N3CCC(F)(F)C3)cc21. The van der Waals surface area contributed by atoms with E-state index in [2.05, 4.69) is 0 Å². The maximum atomic E-state index is 13.2. The van der Waals surface area contributed by atoms with Crippen LogP contribution in [0.1, 0.15) is 35.2 Å². The van der Waals surface area contributed by atoms with Crippen molar-refractivity contribution < 1.29 is 13.6 Å². The molecule has 0 spiro atoms. The van der Waals surface area contributed by atoms with Crippen LogP contribution in [0.3, 0.4) is 0 Å². The minimum atomic E-state index is -2.60. The number of aryl methyl sites for hydroxylation is 1. The molecule has 1 aromatic rings. The topological polar surface area (TPSA) is 20.3 Å². The Hall–Kier alpha value is -1.45. The minimum Gasteiger partial charge on any atom is -0.365 e. The van der Waals surface area contributed by atoms with E-state index in [1.54, 1.807) is 11.0 Å². The monoisotopic (exact) mass is 251 g/mol. The molecule has 1 saturated heterocycles. The van der Waals surface area contributed by atoms with Gasteiger partial charge in [-0.2, -0.15) is 0 Å². The molecule has 18 heavy (non-hydrogen) atoms. The van der Waals surface area contributed by atoms with Crippen molar-refractivity contribution >= 4 is 11.5 Å². The van der Waals surface area contributed by atoms with Crippen LogP contribution >= 0.6 is 0 Å². The van der Waals surface area contributed by atoms with E-state index in [-0.39, 0.29) is 18.7 Å². The van der Waals surface area contributed by atoms with Crippen LogP contribution in [-0.2, 0) is 6.42 Å². The van der Waals surface area contributed by atoms with Gasteiger partial charge in [-0.3, -0.25) is 4.79 Å². The van der Waals surface area contributed by atoms with Gasteiger partial charge in [0.05, 0.1) is 6.54 Å². The molecule has 96 valence electrons. The van der Waals surface area contributed by atoms with Crippen molar-refractivity contribution in [2.75, 3.05) is 18.0 Å². The van der Waals surface area contributed by atoms with E-state index >= 15 is 0 Å². The summed E-state index contributed by atoms with van der Waals surface area (Å²) in [4.78, 5) is 13.5. The molecule has 0 atom stereocenters. The summed E-state index contributed by atoms with van der Waals surface area (Å²) in [7, 11) is 0. The normalized spacial score (nSPS) is 22.1. The predicted octanol–water partition coefficient (Wildman–Crippen LogP) is 3.05. The number of hydrogen-bond acceptors (Lipinski definition) is 2. The van der Waals surface area contributed by atoms with Crippen molar-refractivity contribution in [3.05, 3.63) is 29.3 Å². The predicted molar refractivity (Wildman–Crippen MR) is 65.5 cm³/mol. The Balaban J connectivity index is 1.91. The molecule has 4 heteroatoms. The third kappa shape index (κ3) is 2.00. The van der Waals surface area contributed by atoms with E-state index in [0.717, 1.165) is 29.7 Å². The van der Waals surface area contributed by atoms with Gasteiger partial charge >= 0.3 is 0 Å². The van der Waals surface area contributed by atoms with Crippen molar-refractivity contribution in [3.8, 4) is 0 Å². The number of halogens is 2. The number of Topliss-reactive ketones (excluding diaryl/α,β-unsaturated/α-hetero) is 1. The first-order chi connectivity index (χ1) is 8.55. The fourth-order valence-electron chi connectivity index (χ4n) is 2.77. The van der Waals surface area contributed by atoms with Gasteiger partial charge in [0.1, 0.15) is 0 Å². The standard InChI is InChI=1S/C14H15F2NO/c15-14(16)6-7-17(9-14)11-5-4-10-2-1-3-13(18)12(10)8-11/h4-5,8H,1-3,6-7,9H2. The van der Waals surface area contributed by atoms with Gasteiger partial charge in [-0.05, 0) is 30.5 Å². The van der Waals surface area contributed by atoms with E-state index in [9.17, 15) is 13.6 Å². The van der Waals surface area contributed by atoms with Crippen LogP contribution in [-0.4, -0.2) is 24.8 Å². The summed E-state index contributed by atoms with van der Waals surface area (Å²) in [6.07, 6.45) is 2.29. The van der Waals surface area contributed by atoms with E-state index in [0.29, 0.717) is 13.0 Å². The smallest absolute Gasteiger partial charge is 0.266 e. The molecule has 0 saturated carbocycles. The molecule has 3 rings (SSSR count). The summed E-state index contributed by atoms with van der Waals surface area (Å²) < 4.78 is 26.4. The lowest BCUT2D eigenvalue weighted by molar-refractivity contribution is 0.0257. The molecule has 1 aromatic carbocycles. The van der Waals surface area contributed by atoms with E-state index in [1.165, 1.54) is 0 Å². The largest absolute Gasteiger partial charge is 0.365 e. The van der Waals surface area contributed by atoms with Gasteiger partial charge in [-0.15, -0.1) is 0 Å². The van der Waals surface area contributed by atoms with E-state index in [4.69, 9.17) is 0 Å². The highest BCUT2D eigenvalue weighted by atomic mass is 19.3. The molecular weight excluding hydrogens is 236 g/mol. The Labute approximate surface area is 105 Å². The zero-order valence-electron chi connectivity index (χ0n) is 10.1. The summed E-state index contributed by atoms with van der Waals surface area (Å²) in [5.41, 5.74) is 2.54. The van der Waals surface area contributed by atoms with Crippen LogP contribution in [0.5, 0.6) is 0 Å². The highest BCUT2D eigenvalue weighted by molar-refractivity contribution is 5.99. The van der Waals surface area contributed by atoms with E-state index < -0.39 is 5.92 Å². The number of nitrogens with zero attached hydrogens (tertiary/aromatic N) is 1. The van der Waals surface area contributed by atoms with Crippen molar-refractivity contribution in [2.45, 2.75) is 31.6 Å². The number of alkyl halides is 2. The molecule has 0 N–H and O–H groups in total. The van der Waals surface area contributed by atoms with Gasteiger partial charge < -0.3 is 4.90 Å². The van der Waals surface area contributed by atoms with Gasteiger partial charge in [-0.1, -0.05) is 6.07 Å². The van der Waals surface area contributed by atoms with E-state index in [1.807, 2.05) is 12.1 Å². The lowest BCUT2D eigenvalue weighted by Crippen LogP contribution is -2.25. The summed E-state index contributed by atoms with van der Waals surface area (Å²) in [6.45, 7) is 0.125. The molecule has 0 radical (unpaired) electrons. The number of fused-ring (bicyclic) bond motifs is 1. The number of carbonyl (C=O) groups is 1. The number of ketones is 1. The first-order valence-electron chi connectivity index (χ1n) is 6.34. The third-order valence-corrected chi connectivity index (χ3v) is 3.78. The average molecular weight is 251 g/mol. The Kier molecular flexibility index (Phi) is 2.61. The average Bonchev–Trinajstić information content (AvgIpc) is 2.70. The Bertz CT molecular complexity index is 499. The van der Waals surface area contributed by atoms with Crippen LogP contribution in [0, 0.1) is 0 Å². The molecule has 2 nitrogen and oxygen atoms in total. The van der Waals surface area contributed by atoms with Gasteiger partial charge in [0.25, 0.3) is 5.92 Å². The lowest BCUT2D eigenvalue weighted by atomic mass is 9.90. The summed E-state index contributed by atoms with van der Waals surface area (Å²) in [5, 5.41) is 0. The molecule has 1 aliphatic heterocycles. The molecule has 1 heterocycles. The zero-order valence-corrected chi connectivity index (χ0v) is 10.1. The van der Waals surface area contributed by atoms with Gasteiger partial charge in [0.2, 0.25) is 0 Å². The van der Waals surface area contributed by atoms with Gasteiger partial charge in [0, 0.05) is 30.6 Å². The first kappa shape index (κ1) is 11.6. The quantitative estimate of drug-likeness (QED) is 0.764. The zero-order chi connectivity index (χ0) is 12.8. The van der Waals surface area contributed by atoms with Crippen molar-refractivity contribution in [3.63, 3.8) is 0 Å². The number of carbonyl (C=O) groups excluding carboxylic acids is 1. The van der Waals surface area contributed by atoms with Crippen molar-refractivity contribution in [1.29, 1.82) is 0 Å². The highest BCUT2D eigenvalue weighted by Crippen LogP contribution is 2.33. The number of rotatable bonds is 1. The van der Waals surface area contributed by atoms with Crippen LogP contribution in [0.2, 0.25) is 0 Å². The van der Waals surface area contributed by atoms with Crippen LogP contribution in [0.25, 0.3) is 0 Å². The van der Waals surface area contributed by atoms with Crippen LogP contribution < -0.4 is 4.90 Å². The second kappa shape index (κ2) is 4.04. The third-order valence-electron chi connectivity index (χ3n) is 3.78. The van der Waals surface area contributed by atoms with Gasteiger partial charge in [-0.25, -0.2) is 8.78 Å². The van der Waals surface area contributed by atoms with Crippen molar-refractivity contribution in [1.82, 2.24) is 0 Å². The maximum Gasteiger partial charge on any atom is 0.266 e. The van der Waals surface area contributed by atoms with Crippen LogP contribution in [0.15, 0.2) is 18.2 Å². The summed E-state index contributed by atoms with van der Waals surface area (Å²) in [6, 6.07) is 5.56. The molecule has 0 amide bonds. The molecule has 2 aliphatic rings. The lowest BCUT2D eigenvalue weighted by Gasteiger charge is -2.21. The Morgan fingerprint density at radius 2 is 2.06 bits per heavy atom. The molecule has 0 aromatic heterocycles. The van der Waals surface area contributed by atoms with Gasteiger partial charge in [0.15, 0.2) is 5.78 Å². The Morgan fingerprint density at radius 1 is 1.22 bits per heavy atom. The highest BCUT2D eigenvalue weighted by Gasteiger charge is 2.38. The summed E-state index contributed by atoms with van der Waals surface area (Å²) in [5.74, 6) is -2.45. The molecule has 0 unspecified atom stereocenters. The molecule has 1 fully saturated rings. The fraction of sp³-hybridized carbons (Fsp3) is 0.500. The summed E-state index contributed by atoms with van der Waals surface area (Å²) >= 11 is 0. The minimum absolute atomic E-state index is 0.0992. The van der Waals surface area contributed by atoms with Crippen molar-refractivity contribution in [2.24, 2.45) is 0 Å².